The Balaban J connectivity index is 1.30. The summed E-state index contributed by atoms with van der Waals surface area (Å²) in [6.45, 7) is 3.66. The van der Waals surface area contributed by atoms with Crippen LogP contribution in [0.5, 0.6) is 5.88 Å². The molecule has 138 valence electrons. The van der Waals surface area contributed by atoms with Crippen molar-refractivity contribution >= 4 is 22.5 Å². The summed E-state index contributed by atoms with van der Waals surface area (Å²) in [6.07, 6.45) is 8.10. The Morgan fingerprint density at radius 1 is 0.926 bits per heavy atom. The number of rotatable bonds is 4. The highest BCUT2D eigenvalue weighted by molar-refractivity contribution is 5.86. The van der Waals surface area contributed by atoms with Crippen LogP contribution < -0.4 is 14.5 Å². The molecule has 1 saturated heterocycles. The van der Waals surface area contributed by atoms with Gasteiger partial charge in [-0.15, -0.1) is 0 Å². The molecule has 0 unspecified atom stereocenters. The smallest absolute Gasteiger partial charge is 0.225 e. The van der Waals surface area contributed by atoms with Gasteiger partial charge in [0.1, 0.15) is 6.33 Å². The summed E-state index contributed by atoms with van der Waals surface area (Å²) in [6, 6.07) is 6.26. The molecule has 0 atom stereocenters. The third-order valence-electron chi connectivity index (χ3n) is 5.41. The van der Waals surface area contributed by atoms with E-state index in [-0.39, 0.29) is 0 Å². The first kappa shape index (κ1) is 16.2. The lowest BCUT2D eigenvalue weighted by Gasteiger charge is -2.36. The second kappa shape index (κ2) is 6.64. The Hall–Kier alpha value is -2.96. The standard InChI is InChI=1S/C20H22N6O/c1-27-19-17-10-16(4-5-18(17)23-13-24-19)25-6-8-26(9-7-25)20-21-11-15(12-22-20)14-2-3-14/h4-5,10-14H,2-3,6-9H2,1H3. The normalized spacial score (nSPS) is 17.4. The van der Waals surface area contributed by atoms with Crippen molar-refractivity contribution < 1.29 is 4.74 Å². The number of hydrogen-bond donors (Lipinski definition) is 0. The molecular formula is C20H22N6O. The van der Waals surface area contributed by atoms with Gasteiger partial charge >= 0.3 is 0 Å². The summed E-state index contributed by atoms with van der Waals surface area (Å²) >= 11 is 0. The summed E-state index contributed by atoms with van der Waals surface area (Å²) in [5.41, 5.74) is 3.35. The molecule has 2 fully saturated rings. The Labute approximate surface area is 158 Å². The van der Waals surface area contributed by atoms with Gasteiger partial charge in [0.15, 0.2) is 0 Å². The van der Waals surface area contributed by atoms with Gasteiger partial charge in [-0.25, -0.2) is 19.9 Å². The molecule has 5 rings (SSSR count). The van der Waals surface area contributed by atoms with Gasteiger partial charge < -0.3 is 14.5 Å². The fourth-order valence-corrected chi connectivity index (χ4v) is 3.67. The van der Waals surface area contributed by atoms with Crippen molar-refractivity contribution in [1.29, 1.82) is 0 Å². The number of anilines is 2. The van der Waals surface area contributed by atoms with E-state index in [1.54, 1.807) is 7.11 Å². The Morgan fingerprint density at radius 3 is 2.37 bits per heavy atom. The number of methoxy groups -OCH3 is 1. The summed E-state index contributed by atoms with van der Waals surface area (Å²) in [7, 11) is 1.64. The molecule has 0 bridgehead atoms. The number of ether oxygens (including phenoxy) is 1. The van der Waals surface area contributed by atoms with Gasteiger partial charge in [0.25, 0.3) is 0 Å². The van der Waals surface area contributed by atoms with Gasteiger partial charge in [-0.1, -0.05) is 0 Å². The van der Waals surface area contributed by atoms with Crippen LogP contribution in [0, 0.1) is 0 Å². The van der Waals surface area contributed by atoms with Crippen LogP contribution in [0.4, 0.5) is 11.6 Å². The number of piperazine rings is 1. The van der Waals surface area contributed by atoms with E-state index in [0.717, 1.165) is 43.0 Å². The monoisotopic (exact) mass is 362 g/mol. The second-order valence-electron chi connectivity index (χ2n) is 7.15. The number of aromatic nitrogens is 4. The Morgan fingerprint density at radius 2 is 1.67 bits per heavy atom. The van der Waals surface area contributed by atoms with Crippen molar-refractivity contribution in [2.45, 2.75) is 18.8 Å². The van der Waals surface area contributed by atoms with E-state index in [1.807, 2.05) is 18.5 Å². The lowest BCUT2D eigenvalue weighted by Crippen LogP contribution is -2.47. The zero-order chi connectivity index (χ0) is 18.2. The van der Waals surface area contributed by atoms with E-state index in [0.29, 0.717) is 11.8 Å². The molecule has 1 aliphatic carbocycles. The van der Waals surface area contributed by atoms with E-state index in [4.69, 9.17) is 4.74 Å². The maximum atomic E-state index is 5.38. The molecule has 3 heterocycles. The predicted molar refractivity (Wildman–Crippen MR) is 105 cm³/mol. The fourth-order valence-electron chi connectivity index (χ4n) is 3.67. The average Bonchev–Trinajstić information content (AvgIpc) is 3.59. The Kier molecular flexibility index (Phi) is 3.99. The van der Waals surface area contributed by atoms with Crippen molar-refractivity contribution in [3.8, 4) is 5.88 Å². The van der Waals surface area contributed by atoms with Crippen LogP contribution in [0.15, 0.2) is 36.9 Å². The molecule has 1 aliphatic heterocycles. The van der Waals surface area contributed by atoms with Crippen molar-refractivity contribution in [3.63, 3.8) is 0 Å². The molecule has 2 aromatic heterocycles. The predicted octanol–water partition coefficient (Wildman–Crippen LogP) is 2.63. The first-order valence-corrected chi connectivity index (χ1v) is 9.42. The number of fused-ring (bicyclic) bond motifs is 1. The molecule has 1 aromatic carbocycles. The van der Waals surface area contributed by atoms with E-state index < -0.39 is 0 Å². The van der Waals surface area contributed by atoms with Gasteiger partial charge in [-0.05, 0) is 42.5 Å². The van der Waals surface area contributed by atoms with Crippen LogP contribution in [-0.2, 0) is 0 Å². The van der Waals surface area contributed by atoms with Crippen LogP contribution >= 0.6 is 0 Å². The van der Waals surface area contributed by atoms with E-state index in [9.17, 15) is 0 Å². The molecule has 3 aromatic rings. The van der Waals surface area contributed by atoms with E-state index in [2.05, 4.69) is 41.9 Å². The maximum Gasteiger partial charge on any atom is 0.225 e. The molecule has 27 heavy (non-hydrogen) atoms. The largest absolute Gasteiger partial charge is 0.480 e. The van der Waals surface area contributed by atoms with Crippen molar-refractivity contribution in [1.82, 2.24) is 19.9 Å². The zero-order valence-corrected chi connectivity index (χ0v) is 15.4. The van der Waals surface area contributed by atoms with Crippen LogP contribution in [0.3, 0.4) is 0 Å². The van der Waals surface area contributed by atoms with Gasteiger partial charge in [-0.3, -0.25) is 0 Å². The fraction of sp³-hybridized carbons (Fsp3) is 0.400. The molecule has 0 N–H and O–H groups in total. The third kappa shape index (κ3) is 3.13. The van der Waals surface area contributed by atoms with Crippen LogP contribution in [0.1, 0.15) is 24.3 Å². The molecule has 1 saturated carbocycles. The SMILES string of the molecule is COc1ncnc2ccc(N3CCN(c4ncc(C5CC5)cn4)CC3)cc12. The van der Waals surface area contributed by atoms with Gasteiger partial charge in [0.05, 0.1) is 18.0 Å². The van der Waals surface area contributed by atoms with Gasteiger partial charge in [0.2, 0.25) is 11.8 Å². The van der Waals surface area contributed by atoms with E-state index >= 15 is 0 Å². The van der Waals surface area contributed by atoms with Gasteiger partial charge in [0, 0.05) is 44.3 Å². The number of nitrogens with zero attached hydrogens (tertiary/aromatic N) is 6. The maximum absolute atomic E-state index is 5.38. The summed E-state index contributed by atoms with van der Waals surface area (Å²) in [5, 5.41) is 0.943. The lowest BCUT2D eigenvalue weighted by molar-refractivity contribution is 0.402. The molecule has 0 radical (unpaired) electrons. The minimum atomic E-state index is 0.615. The molecule has 0 amide bonds. The van der Waals surface area contributed by atoms with Gasteiger partial charge in [-0.2, -0.15) is 0 Å². The third-order valence-corrected chi connectivity index (χ3v) is 5.41. The summed E-state index contributed by atoms with van der Waals surface area (Å²) in [5.74, 6) is 2.15. The summed E-state index contributed by atoms with van der Waals surface area (Å²) in [4.78, 5) is 22.3. The highest BCUT2D eigenvalue weighted by Crippen LogP contribution is 2.39. The lowest BCUT2D eigenvalue weighted by atomic mass is 10.2. The summed E-state index contributed by atoms with van der Waals surface area (Å²) < 4.78 is 5.38. The van der Waals surface area contributed by atoms with E-state index in [1.165, 1.54) is 30.4 Å². The minimum absolute atomic E-state index is 0.615. The molecule has 0 spiro atoms. The van der Waals surface area contributed by atoms with Crippen molar-refractivity contribution in [2.75, 3.05) is 43.1 Å². The topological polar surface area (TPSA) is 67.3 Å². The number of hydrogen-bond acceptors (Lipinski definition) is 7. The first-order valence-electron chi connectivity index (χ1n) is 9.42. The van der Waals surface area contributed by atoms with Crippen LogP contribution in [0.25, 0.3) is 10.9 Å². The van der Waals surface area contributed by atoms with Crippen molar-refractivity contribution in [3.05, 3.63) is 42.5 Å². The molecular weight excluding hydrogens is 340 g/mol. The molecule has 7 heteroatoms. The van der Waals surface area contributed by atoms with Crippen molar-refractivity contribution in [2.24, 2.45) is 0 Å². The first-order chi connectivity index (χ1) is 13.3. The minimum Gasteiger partial charge on any atom is -0.480 e. The highest BCUT2D eigenvalue weighted by atomic mass is 16.5. The Bertz CT molecular complexity index is 948. The van der Waals surface area contributed by atoms with Crippen LogP contribution in [-0.4, -0.2) is 53.2 Å². The number of benzene rings is 1. The second-order valence-corrected chi connectivity index (χ2v) is 7.15. The molecule has 7 nitrogen and oxygen atoms in total. The highest BCUT2D eigenvalue weighted by Gasteiger charge is 2.25. The molecule has 2 aliphatic rings. The van der Waals surface area contributed by atoms with Crippen LogP contribution in [0.2, 0.25) is 0 Å². The average molecular weight is 362 g/mol. The zero-order valence-electron chi connectivity index (χ0n) is 15.4. The quantitative estimate of drug-likeness (QED) is 0.707.